The number of benzene rings is 3. The molecule has 5 heteroatoms. The van der Waals surface area contributed by atoms with Crippen LogP contribution in [-0.4, -0.2) is 10.9 Å². The Balaban J connectivity index is 1.65. The Labute approximate surface area is 154 Å². The molecule has 0 fully saturated rings. The molecule has 0 aliphatic heterocycles. The van der Waals surface area contributed by atoms with Gasteiger partial charge in [-0.1, -0.05) is 48.5 Å². The molecule has 2 N–H and O–H groups in total. The number of anilines is 1. The number of rotatable bonds is 4. The van der Waals surface area contributed by atoms with Crippen molar-refractivity contribution in [3.63, 3.8) is 0 Å². The van der Waals surface area contributed by atoms with Gasteiger partial charge in [-0.2, -0.15) is 0 Å². The number of aromatic amines is 1. The average molecular weight is 362 g/mol. The van der Waals surface area contributed by atoms with Gasteiger partial charge in [0.25, 0.3) is 0 Å². The summed E-state index contributed by atoms with van der Waals surface area (Å²) in [5.74, 6) is -1.87. The number of fused-ring (bicyclic) bond motifs is 1. The van der Waals surface area contributed by atoms with Crippen LogP contribution in [0.5, 0.6) is 0 Å². The predicted molar refractivity (Wildman–Crippen MR) is 102 cm³/mol. The second-order valence-corrected chi connectivity index (χ2v) is 6.26. The Hall–Kier alpha value is -3.47. The van der Waals surface area contributed by atoms with E-state index in [1.165, 1.54) is 6.07 Å². The van der Waals surface area contributed by atoms with Crippen LogP contribution in [0.15, 0.2) is 72.9 Å². The van der Waals surface area contributed by atoms with Gasteiger partial charge in [0, 0.05) is 28.7 Å². The van der Waals surface area contributed by atoms with E-state index in [4.69, 9.17) is 0 Å². The van der Waals surface area contributed by atoms with Crippen molar-refractivity contribution < 1.29 is 13.6 Å². The lowest BCUT2D eigenvalue weighted by atomic mass is 10.0. The number of para-hydroxylation sites is 1. The lowest BCUT2D eigenvalue weighted by Crippen LogP contribution is -2.16. The van der Waals surface area contributed by atoms with Crippen LogP contribution >= 0.6 is 0 Å². The fourth-order valence-electron chi connectivity index (χ4n) is 3.18. The monoisotopic (exact) mass is 362 g/mol. The Kier molecular flexibility index (Phi) is 4.42. The zero-order chi connectivity index (χ0) is 18.8. The highest BCUT2D eigenvalue weighted by Gasteiger charge is 2.16. The van der Waals surface area contributed by atoms with Gasteiger partial charge in [-0.25, -0.2) is 8.78 Å². The van der Waals surface area contributed by atoms with E-state index >= 15 is 0 Å². The maximum Gasteiger partial charge on any atom is 0.228 e. The third kappa shape index (κ3) is 3.44. The number of H-pyrrole nitrogens is 1. The van der Waals surface area contributed by atoms with E-state index in [2.05, 4.69) is 10.3 Å². The molecule has 134 valence electrons. The molecule has 1 amide bonds. The quantitative estimate of drug-likeness (QED) is 0.509. The van der Waals surface area contributed by atoms with Crippen molar-refractivity contribution in [1.82, 2.24) is 4.98 Å². The van der Waals surface area contributed by atoms with Crippen molar-refractivity contribution in [2.75, 3.05) is 5.32 Å². The van der Waals surface area contributed by atoms with Gasteiger partial charge >= 0.3 is 0 Å². The largest absolute Gasteiger partial charge is 0.361 e. The number of carbonyl (C=O) groups is 1. The van der Waals surface area contributed by atoms with Crippen LogP contribution in [-0.2, 0) is 11.2 Å². The first kappa shape index (κ1) is 17.0. The molecule has 0 bridgehead atoms. The van der Waals surface area contributed by atoms with Crippen LogP contribution < -0.4 is 5.32 Å². The highest BCUT2D eigenvalue weighted by atomic mass is 19.1. The molecule has 0 radical (unpaired) electrons. The average Bonchev–Trinajstić information content (AvgIpc) is 3.07. The summed E-state index contributed by atoms with van der Waals surface area (Å²) >= 11 is 0. The molecule has 3 nitrogen and oxygen atoms in total. The van der Waals surface area contributed by atoms with E-state index in [9.17, 15) is 13.6 Å². The summed E-state index contributed by atoms with van der Waals surface area (Å²) < 4.78 is 28.2. The second-order valence-electron chi connectivity index (χ2n) is 6.26. The van der Waals surface area contributed by atoms with Crippen LogP contribution in [0, 0.1) is 11.6 Å². The van der Waals surface area contributed by atoms with Gasteiger partial charge in [0.15, 0.2) is 0 Å². The van der Waals surface area contributed by atoms with Gasteiger partial charge in [0.05, 0.1) is 12.1 Å². The first-order valence-corrected chi connectivity index (χ1v) is 8.51. The highest BCUT2D eigenvalue weighted by Crippen LogP contribution is 2.31. The number of nitrogens with one attached hydrogen (secondary N) is 2. The summed E-state index contributed by atoms with van der Waals surface area (Å²) in [6.07, 6.45) is 1.85. The summed E-state index contributed by atoms with van der Waals surface area (Å²) in [4.78, 5) is 15.7. The second kappa shape index (κ2) is 7.03. The zero-order valence-corrected chi connectivity index (χ0v) is 14.3. The molecule has 0 unspecified atom stereocenters. The van der Waals surface area contributed by atoms with Gasteiger partial charge < -0.3 is 10.3 Å². The first-order chi connectivity index (χ1) is 13.1. The fraction of sp³-hybridized carbons (Fsp3) is 0.0455. The van der Waals surface area contributed by atoms with Crippen molar-refractivity contribution in [2.45, 2.75) is 6.42 Å². The number of hydrogen-bond acceptors (Lipinski definition) is 1. The van der Waals surface area contributed by atoms with Crippen LogP contribution in [0.25, 0.3) is 22.0 Å². The number of halogens is 2. The molecule has 0 saturated heterocycles. The van der Waals surface area contributed by atoms with E-state index in [1.807, 2.05) is 30.3 Å². The molecule has 0 aliphatic carbocycles. The van der Waals surface area contributed by atoms with Crippen molar-refractivity contribution in [2.24, 2.45) is 0 Å². The topological polar surface area (TPSA) is 44.9 Å². The van der Waals surface area contributed by atoms with E-state index in [0.29, 0.717) is 11.1 Å². The van der Waals surface area contributed by atoms with Crippen LogP contribution in [0.4, 0.5) is 14.5 Å². The van der Waals surface area contributed by atoms with Crippen molar-refractivity contribution in [3.05, 3.63) is 90.1 Å². The maximum absolute atomic E-state index is 14.4. The van der Waals surface area contributed by atoms with E-state index in [0.717, 1.165) is 22.5 Å². The van der Waals surface area contributed by atoms with Gasteiger partial charge in [0.2, 0.25) is 5.91 Å². The summed E-state index contributed by atoms with van der Waals surface area (Å²) in [7, 11) is 0. The van der Waals surface area contributed by atoms with E-state index in [1.54, 1.807) is 30.5 Å². The lowest BCUT2D eigenvalue weighted by molar-refractivity contribution is -0.115. The third-order valence-corrected chi connectivity index (χ3v) is 4.43. The van der Waals surface area contributed by atoms with Gasteiger partial charge in [-0.15, -0.1) is 0 Å². The Morgan fingerprint density at radius 3 is 2.52 bits per heavy atom. The van der Waals surface area contributed by atoms with Gasteiger partial charge in [-0.3, -0.25) is 4.79 Å². The summed E-state index contributed by atoms with van der Waals surface area (Å²) in [6, 6.07) is 18.5. The molecule has 4 rings (SSSR count). The molecule has 0 spiro atoms. The number of amides is 1. The van der Waals surface area contributed by atoms with Gasteiger partial charge in [-0.05, 0) is 23.3 Å². The molecule has 0 aliphatic rings. The molecule has 1 aromatic heterocycles. The van der Waals surface area contributed by atoms with E-state index in [-0.39, 0.29) is 18.0 Å². The lowest BCUT2D eigenvalue weighted by Gasteiger charge is -2.13. The van der Waals surface area contributed by atoms with Crippen LogP contribution in [0.2, 0.25) is 0 Å². The molecule has 0 saturated carbocycles. The smallest absolute Gasteiger partial charge is 0.228 e. The summed E-state index contributed by atoms with van der Waals surface area (Å²) in [5.41, 5.74) is 2.65. The third-order valence-electron chi connectivity index (χ3n) is 4.43. The minimum atomic E-state index is -0.805. The molecule has 27 heavy (non-hydrogen) atoms. The molecular formula is C22H16F2N2O. The van der Waals surface area contributed by atoms with Crippen molar-refractivity contribution in [3.8, 4) is 11.1 Å². The van der Waals surface area contributed by atoms with E-state index < -0.39 is 11.6 Å². The predicted octanol–water partition coefficient (Wildman–Crippen LogP) is 5.29. The first-order valence-electron chi connectivity index (χ1n) is 8.51. The molecule has 4 aromatic rings. The normalized spacial score (nSPS) is 10.9. The van der Waals surface area contributed by atoms with Crippen molar-refractivity contribution in [1.29, 1.82) is 0 Å². The fourth-order valence-corrected chi connectivity index (χ4v) is 3.18. The van der Waals surface area contributed by atoms with Crippen molar-refractivity contribution >= 4 is 22.5 Å². The molecule has 1 heterocycles. The minimum Gasteiger partial charge on any atom is -0.361 e. The molecular weight excluding hydrogens is 346 g/mol. The molecule has 0 atom stereocenters. The summed E-state index contributed by atoms with van der Waals surface area (Å²) in [6.45, 7) is 0. The van der Waals surface area contributed by atoms with Crippen LogP contribution in [0.3, 0.4) is 0 Å². The number of hydrogen-bond donors (Lipinski definition) is 2. The Bertz CT molecular complexity index is 1120. The number of aromatic nitrogens is 1. The number of carbonyl (C=O) groups excluding carboxylic acids is 1. The Morgan fingerprint density at radius 1 is 0.963 bits per heavy atom. The maximum atomic E-state index is 14.4. The standard InChI is InChI=1S/C22H16F2N2O/c23-16-11-18(14-6-2-1-3-7-14)22(19(24)12-16)26-21(27)10-15-13-25-20-9-5-4-8-17(15)20/h1-9,11-13,25H,10H2,(H,26,27). The summed E-state index contributed by atoms with van der Waals surface area (Å²) in [5, 5.41) is 3.55. The molecule has 3 aromatic carbocycles. The zero-order valence-electron chi connectivity index (χ0n) is 14.3. The minimum absolute atomic E-state index is 0.0209. The Morgan fingerprint density at radius 2 is 1.70 bits per heavy atom. The van der Waals surface area contributed by atoms with Crippen LogP contribution in [0.1, 0.15) is 5.56 Å². The van der Waals surface area contributed by atoms with Gasteiger partial charge in [0.1, 0.15) is 11.6 Å². The SMILES string of the molecule is O=C(Cc1c[nH]c2ccccc12)Nc1c(F)cc(F)cc1-c1ccccc1. The highest BCUT2D eigenvalue weighted by molar-refractivity contribution is 5.98.